The van der Waals surface area contributed by atoms with Gasteiger partial charge in [-0.1, -0.05) is 11.6 Å². The van der Waals surface area contributed by atoms with Crippen molar-refractivity contribution in [1.29, 1.82) is 0 Å². The second-order valence-electron chi connectivity index (χ2n) is 4.93. The molecule has 0 saturated heterocycles. The van der Waals surface area contributed by atoms with Crippen LogP contribution < -0.4 is 4.74 Å². The van der Waals surface area contributed by atoms with E-state index in [-0.39, 0.29) is 42.0 Å². The summed E-state index contributed by atoms with van der Waals surface area (Å²) in [4.78, 5) is 11.3. The Kier molecular flexibility index (Phi) is 4.66. The van der Waals surface area contributed by atoms with E-state index in [0.29, 0.717) is 0 Å². The van der Waals surface area contributed by atoms with Crippen molar-refractivity contribution in [3.05, 3.63) is 28.5 Å². The monoisotopic (exact) mass is 322 g/mol. The Morgan fingerprint density at radius 2 is 1.95 bits per heavy atom. The summed E-state index contributed by atoms with van der Waals surface area (Å²) in [6.07, 6.45) is -0.630. The standard InChI is InChI=1S/C14H14ClF3O3/c1-20-13(19)9-6-10(15)12(7-11(9)16)21-8-2-4-14(17,18)5-3-8/h6-8H,2-5H2,1H3. The van der Waals surface area contributed by atoms with Crippen molar-refractivity contribution in [2.45, 2.75) is 37.7 Å². The number of methoxy groups -OCH3 is 1. The van der Waals surface area contributed by atoms with Crippen LogP contribution >= 0.6 is 11.6 Å². The van der Waals surface area contributed by atoms with Gasteiger partial charge in [-0.2, -0.15) is 0 Å². The molecule has 1 aromatic rings. The Bertz CT molecular complexity index is 539. The summed E-state index contributed by atoms with van der Waals surface area (Å²) < 4.78 is 49.8. The van der Waals surface area contributed by atoms with Crippen LogP contribution in [-0.4, -0.2) is 25.1 Å². The fourth-order valence-corrected chi connectivity index (χ4v) is 2.40. The summed E-state index contributed by atoms with van der Waals surface area (Å²) in [7, 11) is 1.13. The quantitative estimate of drug-likeness (QED) is 0.782. The van der Waals surface area contributed by atoms with E-state index in [4.69, 9.17) is 16.3 Å². The second kappa shape index (κ2) is 6.13. The normalized spacial score (nSPS) is 18.3. The topological polar surface area (TPSA) is 35.5 Å². The van der Waals surface area contributed by atoms with Crippen molar-refractivity contribution >= 4 is 17.6 Å². The van der Waals surface area contributed by atoms with Crippen molar-refractivity contribution < 1.29 is 27.4 Å². The second-order valence-corrected chi connectivity index (χ2v) is 5.33. The van der Waals surface area contributed by atoms with Gasteiger partial charge in [-0.3, -0.25) is 0 Å². The van der Waals surface area contributed by atoms with Gasteiger partial charge in [0, 0.05) is 18.9 Å². The first-order valence-corrected chi connectivity index (χ1v) is 6.82. The van der Waals surface area contributed by atoms with Crippen molar-refractivity contribution in [2.24, 2.45) is 0 Å². The Balaban J connectivity index is 2.11. The van der Waals surface area contributed by atoms with Crippen LogP contribution in [0.2, 0.25) is 5.02 Å². The van der Waals surface area contributed by atoms with Crippen LogP contribution in [0.4, 0.5) is 13.2 Å². The van der Waals surface area contributed by atoms with Gasteiger partial charge in [-0.25, -0.2) is 18.0 Å². The summed E-state index contributed by atoms with van der Waals surface area (Å²) in [6, 6.07) is 2.08. The molecule has 1 saturated carbocycles. The number of carbonyl (C=O) groups excluding carboxylic acids is 1. The average Bonchev–Trinajstić information content (AvgIpc) is 2.43. The fourth-order valence-electron chi connectivity index (χ4n) is 2.20. The summed E-state index contributed by atoms with van der Waals surface area (Å²) >= 11 is 5.93. The summed E-state index contributed by atoms with van der Waals surface area (Å²) in [5, 5.41) is 0.0362. The van der Waals surface area contributed by atoms with Crippen LogP contribution in [0.1, 0.15) is 36.0 Å². The first-order chi connectivity index (χ1) is 9.82. The number of hydrogen-bond acceptors (Lipinski definition) is 3. The third-order valence-electron chi connectivity index (χ3n) is 3.38. The van der Waals surface area contributed by atoms with Gasteiger partial charge in [0.05, 0.1) is 23.8 Å². The molecule has 1 aliphatic rings. The molecule has 7 heteroatoms. The number of esters is 1. The van der Waals surface area contributed by atoms with Crippen molar-refractivity contribution in [1.82, 2.24) is 0 Å². The van der Waals surface area contributed by atoms with Crippen LogP contribution in [-0.2, 0) is 4.74 Å². The Morgan fingerprint density at radius 3 is 2.52 bits per heavy atom. The molecule has 0 atom stereocenters. The Hall–Kier alpha value is -1.43. The predicted molar refractivity (Wildman–Crippen MR) is 70.6 cm³/mol. The molecular formula is C14H14ClF3O3. The van der Waals surface area contributed by atoms with Gasteiger partial charge in [0.15, 0.2) is 0 Å². The highest BCUT2D eigenvalue weighted by Crippen LogP contribution is 2.36. The van der Waals surface area contributed by atoms with E-state index in [0.717, 1.165) is 19.2 Å². The maximum absolute atomic E-state index is 13.8. The maximum atomic E-state index is 13.8. The van der Waals surface area contributed by atoms with Crippen LogP contribution in [0, 0.1) is 5.82 Å². The fraction of sp³-hybridized carbons (Fsp3) is 0.500. The molecule has 1 aromatic carbocycles. The lowest BCUT2D eigenvalue weighted by Gasteiger charge is -2.29. The highest BCUT2D eigenvalue weighted by atomic mass is 35.5. The molecule has 0 heterocycles. The van der Waals surface area contributed by atoms with Gasteiger partial charge in [-0.15, -0.1) is 0 Å². The van der Waals surface area contributed by atoms with E-state index in [2.05, 4.69) is 4.74 Å². The smallest absolute Gasteiger partial charge is 0.340 e. The number of halogens is 4. The zero-order valence-corrected chi connectivity index (χ0v) is 12.1. The van der Waals surface area contributed by atoms with Gasteiger partial charge in [0.2, 0.25) is 5.92 Å². The summed E-state index contributed by atoms with van der Waals surface area (Å²) in [6.45, 7) is 0. The summed E-state index contributed by atoms with van der Waals surface area (Å²) in [5.41, 5.74) is -0.301. The average molecular weight is 323 g/mol. The van der Waals surface area contributed by atoms with E-state index < -0.39 is 23.8 Å². The molecule has 0 N–H and O–H groups in total. The lowest BCUT2D eigenvalue weighted by Crippen LogP contribution is -2.30. The predicted octanol–water partition coefficient (Wildman–Crippen LogP) is 4.22. The highest BCUT2D eigenvalue weighted by Gasteiger charge is 2.36. The third kappa shape index (κ3) is 3.81. The number of alkyl halides is 2. The van der Waals surface area contributed by atoms with E-state index in [1.54, 1.807) is 0 Å². The highest BCUT2D eigenvalue weighted by molar-refractivity contribution is 6.32. The van der Waals surface area contributed by atoms with Crippen LogP contribution in [0.3, 0.4) is 0 Å². The first-order valence-electron chi connectivity index (χ1n) is 6.44. The maximum Gasteiger partial charge on any atom is 0.340 e. The van der Waals surface area contributed by atoms with Crippen molar-refractivity contribution in [2.75, 3.05) is 7.11 Å². The minimum Gasteiger partial charge on any atom is -0.489 e. The van der Waals surface area contributed by atoms with E-state index in [1.807, 2.05) is 0 Å². The first kappa shape index (κ1) is 15.9. The molecule has 1 aliphatic carbocycles. The number of carbonyl (C=O) groups is 1. The summed E-state index contributed by atoms with van der Waals surface area (Å²) in [5.74, 6) is -4.30. The van der Waals surface area contributed by atoms with Gasteiger partial charge in [0.25, 0.3) is 0 Å². The SMILES string of the molecule is COC(=O)c1cc(Cl)c(OC2CCC(F)(F)CC2)cc1F. The molecule has 0 aliphatic heterocycles. The molecule has 21 heavy (non-hydrogen) atoms. The lowest BCUT2D eigenvalue weighted by atomic mass is 9.94. The Labute approximate surface area is 125 Å². The molecule has 0 aromatic heterocycles. The van der Waals surface area contributed by atoms with Gasteiger partial charge < -0.3 is 9.47 Å². The van der Waals surface area contributed by atoms with E-state index in [1.165, 1.54) is 0 Å². The molecule has 3 nitrogen and oxygen atoms in total. The molecule has 0 bridgehead atoms. The number of ether oxygens (including phenoxy) is 2. The largest absolute Gasteiger partial charge is 0.489 e. The lowest BCUT2D eigenvalue weighted by molar-refractivity contribution is -0.0582. The van der Waals surface area contributed by atoms with Gasteiger partial charge in [0.1, 0.15) is 11.6 Å². The Morgan fingerprint density at radius 1 is 1.33 bits per heavy atom. The minimum absolute atomic E-state index is 0.0362. The third-order valence-corrected chi connectivity index (χ3v) is 3.68. The van der Waals surface area contributed by atoms with Gasteiger partial charge >= 0.3 is 5.97 Å². The number of rotatable bonds is 3. The van der Waals surface area contributed by atoms with E-state index >= 15 is 0 Å². The zero-order chi connectivity index (χ0) is 15.6. The number of hydrogen-bond donors (Lipinski definition) is 0. The van der Waals surface area contributed by atoms with Crippen LogP contribution in [0.25, 0.3) is 0 Å². The van der Waals surface area contributed by atoms with Crippen molar-refractivity contribution in [3.63, 3.8) is 0 Å². The number of benzene rings is 1. The minimum atomic E-state index is -2.66. The zero-order valence-electron chi connectivity index (χ0n) is 11.3. The van der Waals surface area contributed by atoms with Crippen molar-refractivity contribution in [3.8, 4) is 5.75 Å². The van der Waals surface area contributed by atoms with Crippen LogP contribution in [0.5, 0.6) is 5.75 Å². The molecular weight excluding hydrogens is 309 g/mol. The van der Waals surface area contributed by atoms with Crippen LogP contribution in [0.15, 0.2) is 12.1 Å². The molecule has 0 radical (unpaired) electrons. The molecule has 116 valence electrons. The molecule has 0 spiro atoms. The molecule has 1 fully saturated rings. The van der Waals surface area contributed by atoms with E-state index in [9.17, 15) is 18.0 Å². The molecule has 0 unspecified atom stereocenters. The molecule has 2 rings (SSSR count). The molecule has 0 amide bonds. The van der Waals surface area contributed by atoms with Gasteiger partial charge in [-0.05, 0) is 18.9 Å².